The minimum Gasteiger partial charge on any atom is -0.348 e. The number of hydrogen-bond donors (Lipinski definition) is 1. The van der Waals surface area contributed by atoms with E-state index in [2.05, 4.69) is 24.1 Å². The highest BCUT2D eigenvalue weighted by Crippen LogP contribution is 2.25. The van der Waals surface area contributed by atoms with Gasteiger partial charge in [-0.15, -0.1) is 0 Å². The molecule has 134 valence electrons. The van der Waals surface area contributed by atoms with E-state index in [0.717, 1.165) is 29.7 Å². The van der Waals surface area contributed by atoms with Crippen LogP contribution in [0.2, 0.25) is 5.02 Å². The molecule has 0 fully saturated rings. The first-order chi connectivity index (χ1) is 12.6. The second-order valence-corrected chi connectivity index (χ2v) is 6.63. The van der Waals surface area contributed by atoms with Crippen molar-refractivity contribution in [2.45, 2.75) is 32.7 Å². The second-order valence-electron chi connectivity index (χ2n) is 6.20. The molecule has 0 aliphatic rings. The zero-order chi connectivity index (χ0) is 18.5. The van der Waals surface area contributed by atoms with E-state index in [1.54, 1.807) is 12.5 Å². The molecule has 0 aliphatic carbocycles. The third-order valence-electron chi connectivity index (χ3n) is 4.47. The van der Waals surface area contributed by atoms with Crippen LogP contribution in [0.3, 0.4) is 0 Å². The highest BCUT2D eigenvalue weighted by Gasteiger charge is 2.16. The molecule has 0 saturated carbocycles. The number of carbonyl (C=O) groups excluding carboxylic acids is 1. The van der Waals surface area contributed by atoms with E-state index in [1.807, 2.05) is 53.1 Å². The van der Waals surface area contributed by atoms with Crippen LogP contribution in [0.25, 0.3) is 16.8 Å². The summed E-state index contributed by atoms with van der Waals surface area (Å²) in [6, 6.07) is 15.9. The smallest absolute Gasteiger partial charge is 0.270 e. The van der Waals surface area contributed by atoms with Gasteiger partial charge < -0.3 is 5.32 Å². The summed E-state index contributed by atoms with van der Waals surface area (Å²) < 4.78 is 1.81. The molecule has 3 aromatic rings. The molecule has 0 spiro atoms. The van der Waals surface area contributed by atoms with E-state index < -0.39 is 0 Å². The molecule has 3 rings (SSSR count). The van der Waals surface area contributed by atoms with Crippen molar-refractivity contribution in [1.82, 2.24) is 14.9 Å². The largest absolute Gasteiger partial charge is 0.348 e. The van der Waals surface area contributed by atoms with Crippen molar-refractivity contribution < 1.29 is 4.79 Å². The van der Waals surface area contributed by atoms with Crippen LogP contribution < -0.4 is 5.32 Å². The van der Waals surface area contributed by atoms with Gasteiger partial charge in [0.1, 0.15) is 5.69 Å². The molecule has 5 heteroatoms. The Hall–Kier alpha value is -2.59. The lowest BCUT2D eigenvalue weighted by Gasteiger charge is -2.16. The third kappa shape index (κ3) is 3.97. The van der Waals surface area contributed by atoms with Crippen LogP contribution in [0.5, 0.6) is 0 Å². The number of nitrogens with zero attached hydrogens (tertiary/aromatic N) is 2. The Labute approximate surface area is 158 Å². The Morgan fingerprint density at radius 3 is 2.50 bits per heavy atom. The average Bonchev–Trinajstić information content (AvgIpc) is 3.16. The van der Waals surface area contributed by atoms with E-state index in [1.165, 1.54) is 0 Å². The molecule has 26 heavy (non-hydrogen) atoms. The number of nitrogens with one attached hydrogen (secondary N) is 1. The van der Waals surface area contributed by atoms with Crippen molar-refractivity contribution in [3.05, 3.63) is 71.8 Å². The summed E-state index contributed by atoms with van der Waals surface area (Å²) in [5.41, 5.74) is 3.47. The molecule has 1 aromatic heterocycles. The molecule has 0 atom stereocenters. The molecule has 0 radical (unpaired) electrons. The molecule has 0 bridgehead atoms. The lowest BCUT2D eigenvalue weighted by Crippen LogP contribution is -2.34. The molecule has 1 amide bonds. The molecule has 2 aromatic carbocycles. The van der Waals surface area contributed by atoms with E-state index >= 15 is 0 Å². The van der Waals surface area contributed by atoms with E-state index in [-0.39, 0.29) is 11.9 Å². The summed E-state index contributed by atoms with van der Waals surface area (Å²) in [6.45, 7) is 4.14. The summed E-state index contributed by atoms with van der Waals surface area (Å²) >= 11 is 6.11. The van der Waals surface area contributed by atoms with E-state index in [0.29, 0.717) is 10.7 Å². The fourth-order valence-corrected chi connectivity index (χ4v) is 3.11. The van der Waals surface area contributed by atoms with Gasteiger partial charge in [-0.1, -0.05) is 49.7 Å². The Bertz CT molecular complexity index is 900. The maximum Gasteiger partial charge on any atom is 0.270 e. The molecule has 0 aliphatic heterocycles. The van der Waals surface area contributed by atoms with Crippen LogP contribution in [0.1, 0.15) is 37.2 Å². The molecule has 4 nitrogen and oxygen atoms in total. The number of halogens is 1. The summed E-state index contributed by atoms with van der Waals surface area (Å²) in [5, 5.41) is 3.76. The zero-order valence-corrected chi connectivity index (χ0v) is 15.7. The predicted molar refractivity (Wildman–Crippen MR) is 106 cm³/mol. The van der Waals surface area contributed by atoms with Gasteiger partial charge in [0.2, 0.25) is 0 Å². The van der Waals surface area contributed by atoms with Gasteiger partial charge in [0.05, 0.1) is 12.5 Å². The molecule has 0 unspecified atom stereocenters. The Kier molecular flexibility index (Phi) is 5.74. The van der Waals surface area contributed by atoms with Gasteiger partial charge in [-0.05, 0) is 48.2 Å². The molecular formula is C21H22ClN3O. The number of rotatable bonds is 6. The minimum absolute atomic E-state index is 0.107. The zero-order valence-electron chi connectivity index (χ0n) is 14.9. The number of amides is 1. The van der Waals surface area contributed by atoms with Crippen molar-refractivity contribution in [1.29, 1.82) is 0 Å². The summed E-state index contributed by atoms with van der Waals surface area (Å²) in [4.78, 5) is 16.8. The maximum atomic E-state index is 12.6. The van der Waals surface area contributed by atoms with Crippen molar-refractivity contribution in [2.24, 2.45) is 0 Å². The third-order valence-corrected chi connectivity index (χ3v) is 4.71. The first kappa shape index (κ1) is 18.2. The number of carbonyl (C=O) groups is 1. The SMILES string of the molecule is CCC(CC)NC(=O)c1cncn1-c1cccc(-c2cccc(Cl)c2)c1. The van der Waals surface area contributed by atoms with Crippen LogP contribution in [0.15, 0.2) is 61.1 Å². The van der Waals surface area contributed by atoms with Crippen LogP contribution >= 0.6 is 11.6 Å². The Morgan fingerprint density at radius 2 is 1.81 bits per heavy atom. The fraction of sp³-hybridized carbons (Fsp3) is 0.238. The Morgan fingerprint density at radius 1 is 1.12 bits per heavy atom. The van der Waals surface area contributed by atoms with Crippen LogP contribution in [0, 0.1) is 0 Å². The van der Waals surface area contributed by atoms with Gasteiger partial charge >= 0.3 is 0 Å². The summed E-state index contributed by atoms with van der Waals surface area (Å²) in [5.74, 6) is -0.107. The Balaban J connectivity index is 1.93. The van der Waals surface area contributed by atoms with Crippen molar-refractivity contribution in [3.8, 4) is 16.8 Å². The van der Waals surface area contributed by atoms with Gasteiger partial charge in [-0.2, -0.15) is 0 Å². The molecular weight excluding hydrogens is 346 g/mol. The second kappa shape index (κ2) is 8.19. The normalized spacial score (nSPS) is 10.9. The fourth-order valence-electron chi connectivity index (χ4n) is 2.92. The molecule has 1 heterocycles. The topological polar surface area (TPSA) is 46.9 Å². The quantitative estimate of drug-likeness (QED) is 0.658. The number of aromatic nitrogens is 2. The lowest BCUT2D eigenvalue weighted by atomic mass is 10.1. The minimum atomic E-state index is -0.107. The predicted octanol–water partition coefficient (Wildman–Crippen LogP) is 5.11. The standard InChI is InChI=1S/C21H22ClN3O/c1-3-18(4-2)24-21(26)20-13-23-14-25(20)19-10-6-8-16(12-19)15-7-5-9-17(22)11-15/h5-14,18H,3-4H2,1-2H3,(H,24,26). The lowest BCUT2D eigenvalue weighted by molar-refractivity contribution is 0.0928. The maximum absolute atomic E-state index is 12.6. The molecule has 0 saturated heterocycles. The number of imidazole rings is 1. The number of benzene rings is 2. The van der Waals surface area contributed by atoms with Crippen LogP contribution in [0.4, 0.5) is 0 Å². The van der Waals surface area contributed by atoms with Gasteiger partial charge in [0.25, 0.3) is 5.91 Å². The van der Waals surface area contributed by atoms with Crippen LogP contribution in [-0.2, 0) is 0 Å². The monoisotopic (exact) mass is 367 g/mol. The summed E-state index contributed by atoms with van der Waals surface area (Å²) in [7, 11) is 0. The summed E-state index contributed by atoms with van der Waals surface area (Å²) in [6.07, 6.45) is 5.07. The van der Waals surface area contributed by atoms with Gasteiger partial charge in [-0.25, -0.2) is 4.98 Å². The first-order valence-corrected chi connectivity index (χ1v) is 9.19. The van der Waals surface area contributed by atoms with E-state index in [9.17, 15) is 4.79 Å². The van der Waals surface area contributed by atoms with Crippen molar-refractivity contribution in [3.63, 3.8) is 0 Å². The van der Waals surface area contributed by atoms with Crippen LogP contribution in [-0.4, -0.2) is 21.5 Å². The average molecular weight is 368 g/mol. The highest BCUT2D eigenvalue weighted by molar-refractivity contribution is 6.30. The molecule has 1 N–H and O–H groups in total. The van der Waals surface area contributed by atoms with E-state index in [4.69, 9.17) is 11.6 Å². The van der Waals surface area contributed by atoms with Crippen molar-refractivity contribution in [2.75, 3.05) is 0 Å². The highest BCUT2D eigenvalue weighted by atomic mass is 35.5. The van der Waals surface area contributed by atoms with Gasteiger partial charge in [-0.3, -0.25) is 9.36 Å². The number of hydrogen-bond acceptors (Lipinski definition) is 2. The van der Waals surface area contributed by atoms with Crippen molar-refractivity contribution >= 4 is 17.5 Å². The van der Waals surface area contributed by atoms with Gasteiger partial charge in [0, 0.05) is 16.8 Å². The first-order valence-electron chi connectivity index (χ1n) is 8.82. The van der Waals surface area contributed by atoms with Gasteiger partial charge in [0.15, 0.2) is 0 Å².